The second-order valence-electron chi connectivity index (χ2n) is 3.19. The summed E-state index contributed by atoms with van der Waals surface area (Å²) in [5.74, 6) is 0.179. The predicted molar refractivity (Wildman–Crippen MR) is 55.6 cm³/mol. The van der Waals surface area contributed by atoms with Crippen LogP contribution in [0.25, 0.3) is 0 Å². The van der Waals surface area contributed by atoms with Gasteiger partial charge in [0.1, 0.15) is 5.82 Å². The minimum atomic E-state index is -3.89. The fraction of sp³-hybridized carbons (Fsp3) is 0.500. The first-order chi connectivity index (χ1) is 6.70. The van der Waals surface area contributed by atoms with Crippen molar-refractivity contribution in [2.75, 3.05) is 16.1 Å². The molecule has 0 aliphatic rings. The van der Waals surface area contributed by atoms with Crippen molar-refractivity contribution in [2.24, 2.45) is 0 Å². The van der Waals surface area contributed by atoms with Crippen LogP contribution in [0.1, 0.15) is 5.56 Å². The third-order valence-electron chi connectivity index (χ3n) is 1.46. The van der Waals surface area contributed by atoms with Gasteiger partial charge in [0.2, 0.25) is 10.0 Å². The van der Waals surface area contributed by atoms with Gasteiger partial charge in [0.15, 0.2) is 14.9 Å². The van der Waals surface area contributed by atoms with Crippen LogP contribution in [0.15, 0.2) is 6.20 Å². The molecule has 0 atom stereocenters. The SMILES string of the molecule is Cc1cn[nH]c1NS(=O)(=O)CS(C)(=O)=O. The molecule has 1 heterocycles. The number of hydrogen-bond donors (Lipinski definition) is 2. The molecule has 7 nitrogen and oxygen atoms in total. The molecular formula is C6H11N3O4S2. The molecule has 1 aromatic rings. The van der Waals surface area contributed by atoms with E-state index >= 15 is 0 Å². The molecule has 0 radical (unpaired) electrons. The van der Waals surface area contributed by atoms with E-state index < -0.39 is 24.9 Å². The number of sulfone groups is 1. The Morgan fingerprint density at radius 1 is 1.40 bits per heavy atom. The summed E-state index contributed by atoms with van der Waals surface area (Å²) in [5, 5.41) is 5.07. The average molecular weight is 253 g/mol. The van der Waals surface area contributed by atoms with Gasteiger partial charge in [-0.1, -0.05) is 0 Å². The molecule has 0 aliphatic carbocycles. The van der Waals surface area contributed by atoms with Crippen molar-refractivity contribution in [3.05, 3.63) is 11.8 Å². The van der Waals surface area contributed by atoms with Gasteiger partial charge in [0.05, 0.1) is 6.20 Å². The quantitative estimate of drug-likeness (QED) is 0.749. The van der Waals surface area contributed by atoms with Crippen molar-refractivity contribution in [1.29, 1.82) is 0 Å². The van der Waals surface area contributed by atoms with Crippen LogP contribution in [0.2, 0.25) is 0 Å². The van der Waals surface area contributed by atoms with E-state index in [9.17, 15) is 16.8 Å². The van der Waals surface area contributed by atoms with Crippen LogP contribution in [0, 0.1) is 6.92 Å². The second kappa shape index (κ2) is 3.81. The number of H-pyrrole nitrogens is 1. The number of aromatic nitrogens is 2. The molecule has 0 spiro atoms. The van der Waals surface area contributed by atoms with E-state index in [4.69, 9.17) is 0 Å². The summed E-state index contributed by atoms with van der Waals surface area (Å²) >= 11 is 0. The lowest BCUT2D eigenvalue weighted by Crippen LogP contribution is -2.22. The van der Waals surface area contributed by atoms with Crippen LogP contribution in [-0.2, 0) is 19.9 Å². The van der Waals surface area contributed by atoms with E-state index in [1.165, 1.54) is 6.20 Å². The van der Waals surface area contributed by atoms with Gasteiger partial charge in [0.25, 0.3) is 0 Å². The highest BCUT2D eigenvalue weighted by Crippen LogP contribution is 2.11. The van der Waals surface area contributed by atoms with Gasteiger partial charge in [-0.05, 0) is 6.92 Å². The minimum absolute atomic E-state index is 0.179. The Bertz CT molecular complexity index is 543. The summed E-state index contributed by atoms with van der Waals surface area (Å²) < 4.78 is 46.4. The fourth-order valence-electron chi connectivity index (χ4n) is 0.916. The molecule has 2 N–H and O–H groups in total. The molecule has 9 heteroatoms. The van der Waals surface area contributed by atoms with Crippen LogP contribution in [-0.4, -0.2) is 38.4 Å². The first-order valence-corrected chi connectivity index (χ1v) is 7.59. The Labute approximate surface area is 87.9 Å². The number of aryl methyl sites for hydroxylation is 1. The lowest BCUT2D eigenvalue weighted by Gasteiger charge is -2.04. The van der Waals surface area contributed by atoms with Gasteiger partial charge < -0.3 is 0 Å². The van der Waals surface area contributed by atoms with Crippen LogP contribution in [0.5, 0.6) is 0 Å². The molecule has 1 rings (SSSR count). The lowest BCUT2D eigenvalue weighted by molar-refractivity contribution is 0.594. The molecule has 0 fully saturated rings. The summed E-state index contributed by atoms with van der Waals surface area (Å²) in [6.07, 6.45) is 2.28. The van der Waals surface area contributed by atoms with E-state index in [1.54, 1.807) is 6.92 Å². The maximum absolute atomic E-state index is 11.3. The number of rotatable bonds is 4. The molecule has 86 valence electrons. The Balaban J connectivity index is 2.88. The third-order valence-corrected chi connectivity index (χ3v) is 4.92. The highest BCUT2D eigenvalue weighted by Gasteiger charge is 2.19. The van der Waals surface area contributed by atoms with Crippen molar-refractivity contribution in [2.45, 2.75) is 6.92 Å². The van der Waals surface area contributed by atoms with Gasteiger partial charge in [-0.3, -0.25) is 9.82 Å². The summed E-state index contributed by atoms with van der Waals surface area (Å²) in [6, 6.07) is 0. The highest BCUT2D eigenvalue weighted by molar-refractivity contribution is 8.08. The average Bonchev–Trinajstić information content (AvgIpc) is 2.29. The largest absolute Gasteiger partial charge is 0.267 e. The molecule has 0 bridgehead atoms. The van der Waals surface area contributed by atoms with Crippen LogP contribution in [0.4, 0.5) is 5.82 Å². The molecule has 0 saturated carbocycles. The van der Waals surface area contributed by atoms with Crippen molar-refractivity contribution >= 4 is 25.7 Å². The normalized spacial score (nSPS) is 12.7. The topological polar surface area (TPSA) is 109 Å². The molecule has 15 heavy (non-hydrogen) atoms. The number of aromatic amines is 1. The van der Waals surface area contributed by atoms with Crippen LogP contribution in [0.3, 0.4) is 0 Å². The van der Waals surface area contributed by atoms with E-state index in [1.807, 2.05) is 0 Å². The maximum Gasteiger partial charge on any atom is 0.248 e. The second-order valence-corrected chi connectivity index (χ2v) is 7.42. The van der Waals surface area contributed by atoms with Gasteiger partial charge in [-0.25, -0.2) is 16.8 Å². The molecule has 1 aromatic heterocycles. The maximum atomic E-state index is 11.3. The zero-order valence-electron chi connectivity index (χ0n) is 8.18. The number of nitrogens with one attached hydrogen (secondary N) is 2. The van der Waals surface area contributed by atoms with E-state index in [-0.39, 0.29) is 5.82 Å². The van der Waals surface area contributed by atoms with Crippen LogP contribution < -0.4 is 4.72 Å². The zero-order valence-corrected chi connectivity index (χ0v) is 9.81. The smallest absolute Gasteiger partial charge is 0.248 e. The molecular weight excluding hydrogens is 242 g/mol. The standard InChI is InChI=1S/C6H11N3O4S2/c1-5-3-7-8-6(5)9-15(12,13)4-14(2,10)11/h3H,4H2,1-2H3,(H2,7,8,9). The van der Waals surface area contributed by atoms with Gasteiger partial charge in [0, 0.05) is 11.8 Å². The number of anilines is 1. The zero-order chi connectivity index (χ0) is 11.7. The minimum Gasteiger partial charge on any atom is -0.267 e. The number of nitrogens with zero attached hydrogens (tertiary/aromatic N) is 1. The summed E-state index contributed by atoms with van der Waals surface area (Å²) in [5.41, 5.74) is 0.590. The van der Waals surface area contributed by atoms with Gasteiger partial charge >= 0.3 is 0 Å². The Morgan fingerprint density at radius 2 is 2.00 bits per heavy atom. The van der Waals surface area contributed by atoms with Crippen molar-refractivity contribution in [1.82, 2.24) is 10.2 Å². The number of sulfonamides is 1. The lowest BCUT2D eigenvalue weighted by atomic mass is 10.4. The Morgan fingerprint density at radius 3 is 2.40 bits per heavy atom. The van der Waals surface area contributed by atoms with Gasteiger partial charge in [-0.15, -0.1) is 0 Å². The summed E-state index contributed by atoms with van der Waals surface area (Å²) in [6.45, 7) is 1.64. The third kappa shape index (κ3) is 3.88. The highest BCUT2D eigenvalue weighted by atomic mass is 32.3. The summed E-state index contributed by atoms with van der Waals surface area (Å²) in [7, 11) is -7.48. The van der Waals surface area contributed by atoms with Crippen molar-refractivity contribution in [3.63, 3.8) is 0 Å². The van der Waals surface area contributed by atoms with E-state index in [0.29, 0.717) is 5.56 Å². The monoisotopic (exact) mass is 253 g/mol. The van der Waals surface area contributed by atoms with E-state index in [2.05, 4.69) is 14.9 Å². The molecule has 0 amide bonds. The van der Waals surface area contributed by atoms with E-state index in [0.717, 1.165) is 6.26 Å². The van der Waals surface area contributed by atoms with Crippen LogP contribution >= 0.6 is 0 Å². The molecule has 0 aromatic carbocycles. The van der Waals surface area contributed by atoms with Crippen molar-refractivity contribution < 1.29 is 16.8 Å². The van der Waals surface area contributed by atoms with Gasteiger partial charge in [-0.2, -0.15) is 5.10 Å². The summed E-state index contributed by atoms with van der Waals surface area (Å²) in [4.78, 5) is 0. The Hall–Kier alpha value is -1.09. The first-order valence-electron chi connectivity index (χ1n) is 3.88. The predicted octanol–water partition coefficient (Wildman–Crippen LogP) is -0.538. The van der Waals surface area contributed by atoms with Crippen molar-refractivity contribution in [3.8, 4) is 0 Å². The Kier molecular flexibility index (Phi) is 3.05. The number of hydrogen-bond acceptors (Lipinski definition) is 5. The molecule has 0 saturated heterocycles. The first kappa shape index (κ1) is 12.0. The molecule has 0 unspecified atom stereocenters. The molecule has 0 aliphatic heterocycles. The fourth-order valence-corrected chi connectivity index (χ4v) is 3.92.